The molecular formula is C14H17N3O. The standard InChI is InChI=1S/C14H17N3O/c1-17-13(8-9-16-17)6-7-14(18)12-4-2-11(10-15)3-5-12/h2-5,8-9H,6-7,10,15H2,1H3. The van der Waals surface area contributed by atoms with Crippen molar-refractivity contribution in [2.24, 2.45) is 12.8 Å². The number of nitrogens with zero attached hydrogens (tertiary/aromatic N) is 2. The van der Waals surface area contributed by atoms with Crippen LogP contribution in [0.15, 0.2) is 36.5 Å². The zero-order valence-electron chi connectivity index (χ0n) is 10.5. The second-order valence-corrected chi connectivity index (χ2v) is 4.27. The highest BCUT2D eigenvalue weighted by Gasteiger charge is 2.07. The fraction of sp³-hybridized carbons (Fsp3) is 0.286. The van der Waals surface area contributed by atoms with E-state index in [9.17, 15) is 4.79 Å². The molecule has 0 radical (unpaired) electrons. The van der Waals surface area contributed by atoms with Gasteiger partial charge in [0, 0.05) is 37.5 Å². The number of rotatable bonds is 5. The van der Waals surface area contributed by atoms with E-state index >= 15 is 0 Å². The molecule has 4 nitrogen and oxygen atoms in total. The predicted molar refractivity (Wildman–Crippen MR) is 70.2 cm³/mol. The fourth-order valence-electron chi connectivity index (χ4n) is 1.86. The van der Waals surface area contributed by atoms with Gasteiger partial charge in [0.1, 0.15) is 0 Å². The van der Waals surface area contributed by atoms with Crippen molar-refractivity contribution in [3.63, 3.8) is 0 Å². The number of carbonyl (C=O) groups is 1. The van der Waals surface area contributed by atoms with Crippen molar-refractivity contribution in [2.75, 3.05) is 0 Å². The van der Waals surface area contributed by atoms with Crippen LogP contribution < -0.4 is 5.73 Å². The summed E-state index contributed by atoms with van der Waals surface area (Å²) in [5.41, 5.74) is 8.38. The largest absolute Gasteiger partial charge is 0.326 e. The van der Waals surface area contributed by atoms with Crippen LogP contribution in [0, 0.1) is 0 Å². The Labute approximate surface area is 106 Å². The lowest BCUT2D eigenvalue weighted by molar-refractivity contribution is 0.0982. The predicted octanol–water partition coefficient (Wildman–Crippen LogP) is 1.69. The Morgan fingerprint density at radius 2 is 2.00 bits per heavy atom. The van der Waals surface area contributed by atoms with Gasteiger partial charge in [-0.1, -0.05) is 24.3 Å². The molecule has 1 aromatic carbocycles. The van der Waals surface area contributed by atoms with Crippen molar-refractivity contribution < 1.29 is 4.79 Å². The molecule has 4 heteroatoms. The molecule has 0 atom stereocenters. The summed E-state index contributed by atoms with van der Waals surface area (Å²) in [6, 6.07) is 9.42. The molecule has 2 rings (SSSR count). The van der Waals surface area contributed by atoms with Crippen molar-refractivity contribution in [3.8, 4) is 0 Å². The molecule has 0 unspecified atom stereocenters. The number of Topliss-reactive ketones (excluding diaryl/α,β-unsaturated/α-hetero) is 1. The maximum absolute atomic E-state index is 12.0. The van der Waals surface area contributed by atoms with E-state index in [1.165, 1.54) is 0 Å². The molecule has 2 aromatic rings. The molecule has 0 saturated carbocycles. The summed E-state index contributed by atoms with van der Waals surface area (Å²) in [6.07, 6.45) is 2.96. The molecule has 0 fully saturated rings. The maximum atomic E-state index is 12.0. The van der Waals surface area contributed by atoms with Crippen molar-refractivity contribution in [3.05, 3.63) is 53.3 Å². The summed E-state index contributed by atoms with van der Waals surface area (Å²) < 4.78 is 1.80. The third-order valence-electron chi connectivity index (χ3n) is 3.04. The van der Waals surface area contributed by atoms with Crippen LogP contribution in [-0.2, 0) is 20.0 Å². The Kier molecular flexibility index (Phi) is 3.89. The number of nitrogens with two attached hydrogens (primary N) is 1. The highest BCUT2D eigenvalue weighted by molar-refractivity contribution is 5.96. The monoisotopic (exact) mass is 243 g/mol. The Morgan fingerprint density at radius 3 is 2.56 bits per heavy atom. The first-order chi connectivity index (χ1) is 8.70. The second kappa shape index (κ2) is 5.60. The van der Waals surface area contributed by atoms with Crippen LogP contribution in [0.5, 0.6) is 0 Å². The number of hydrogen-bond acceptors (Lipinski definition) is 3. The molecule has 94 valence electrons. The lowest BCUT2D eigenvalue weighted by Gasteiger charge is -2.03. The van der Waals surface area contributed by atoms with E-state index in [1.807, 2.05) is 37.4 Å². The van der Waals surface area contributed by atoms with Gasteiger partial charge in [0.2, 0.25) is 0 Å². The fourth-order valence-corrected chi connectivity index (χ4v) is 1.86. The molecular weight excluding hydrogens is 226 g/mol. The maximum Gasteiger partial charge on any atom is 0.163 e. The zero-order chi connectivity index (χ0) is 13.0. The average Bonchev–Trinajstić information content (AvgIpc) is 2.81. The number of aromatic nitrogens is 2. The Bertz CT molecular complexity index is 528. The van der Waals surface area contributed by atoms with Crippen molar-refractivity contribution in [1.82, 2.24) is 9.78 Å². The van der Waals surface area contributed by atoms with Crippen LogP contribution >= 0.6 is 0 Å². The smallest absolute Gasteiger partial charge is 0.163 e. The number of ketones is 1. The topological polar surface area (TPSA) is 60.9 Å². The Balaban J connectivity index is 1.97. The Hall–Kier alpha value is -1.94. The first kappa shape index (κ1) is 12.5. The van der Waals surface area contributed by atoms with Gasteiger partial charge in [0.05, 0.1) is 0 Å². The normalized spacial score (nSPS) is 10.6. The SMILES string of the molecule is Cn1nccc1CCC(=O)c1ccc(CN)cc1. The highest BCUT2D eigenvalue weighted by atomic mass is 16.1. The van der Waals surface area contributed by atoms with Gasteiger partial charge in [-0.05, 0) is 18.1 Å². The first-order valence-corrected chi connectivity index (χ1v) is 6.00. The molecule has 0 aliphatic carbocycles. The molecule has 0 amide bonds. The van der Waals surface area contributed by atoms with E-state index in [0.717, 1.165) is 16.8 Å². The molecule has 0 spiro atoms. The van der Waals surface area contributed by atoms with E-state index in [-0.39, 0.29) is 5.78 Å². The average molecular weight is 243 g/mol. The third kappa shape index (κ3) is 2.84. The number of hydrogen-bond donors (Lipinski definition) is 1. The summed E-state index contributed by atoms with van der Waals surface area (Å²) in [5.74, 6) is 0.153. The van der Waals surface area contributed by atoms with Crippen LogP contribution in [0.3, 0.4) is 0 Å². The number of benzene rings is 1. The highest BCUT2D eigenvalue weighted by Crippen LogP contribution is 2.09. The van der Waals surface area contributed by atoms with Gasteiger partial charge in [0.15, 0.2) is 5.78 Å². The summed E-state index contributed by atoms with van der Waals surface area (Å²) in [5, 5.41) is 4.08. The van der Waals surface area contributed by atoms with Gasteiger partial charge in [0.25, 0.3) is 0 Å². The van der Waals surface area contributed by atoms with E-state index in [2.05, 4.69) is 5.10 Å². The van der Waals surface area contributed by atoms with Crippen LogP contribution in [0.4, 0.5) is 0 Å². The molecule has 1 aromatic heterocycles. The van der Waals surface area contributed by atoms with E-state index < -0.39 is 0 Å². The van der Waals surface area contributed by atoms with Gasteiger partial charge in [-0.3, -0.25) is 9.48 Å². The minimum Gasteiger partial charge on any atom is -0.326 e. The molecule has 1 heterocycles. The van der Waals surface area contributed by atoms with Gasteiger partial charge in [-0.15, -0.1) is 0 Å². The van der Waals surface area contributed by atoms with Gasteiger partial charge in [-0.2, -0.15) is 5.10 Å². The quantitative estimate of drug-likeness (QED) is 0.813. The minimum absolute atomic E-state index is 0.153. The minimum atomic E-state index is 0.153. The molecule has 2 N–H and O–H groups in total. The van der Waals surface area contributed by atoms with Crippen molar-refractivity contribution >= 4 is 5.78 Å². The van der Waals surface area contributed by atoms with Crippen LogP contribution in [-0.4, -0.2) is 15.6 Å². The molecule has 0 saturated heterocycles. The lowest BCUT2D eigenvalue weighted by Crippen LogP contribution is -2.05. The van der Waals surface area contributed by atoms with E-state index in [4.69, 9.17) is 5.73 Å². The van der Waals surface area contributed by atoms with Crippen LogP contribution in [0.25, 0.3) is 0 Å². The van der Waals surface area contributed by atoms with Crippen molar-refractivity contribution in [1.29, 1.82) is 0 Å². The molecule has 0 aliphatic rings. The zero-order valence-corrected chi connectivity index (χ0v) is 10.5. The van der Waals surface area contributed by atoms with Gasteiger partial charge in [-0.25, -0.2) is 0 Å². The van der Waals surface area contributed by atoms with E-state index in [1.54, 1.807) is 10.9 Å². The van der Waals surface area contributed by atoms with Gasteiger partial charge >= 0.3 is 0 Å². The van der Waals surface area contributed by atoms with Gasteiger partial charge < -0.3 is 5.73 Å². The number of aryl methyl sites for hydroxylation is 2. The third-order valence-corrected chi connectivity index (χ3v) is 3.04. The van der Waals surface area contributed by atoms with Crippen LogP contribution in [0.1, 0.15) is 28.0 Å². The van der Waals surface area contributed by atoms with Crippen molar-refractivity contribution in [2.45, 2.75) is 19.4 Å². The summed E-state index contributed by atoms with van der Waals surface area (Å²) in [4.78, 5) is 12.0. The number of carbonyl (C=O) groups excluding carboxylic acids is 1. The second-order valence-electron chi connectivity index (χ2n) is 4.27. The lowest BCUT2D eigenvalue weighted by atomic mass is 10.0. The molecule has 18 heavy (non-hydrogen) atoms. The summed E-state index contributed by atoms with van der Waals surface area (Å²) in [7, 11) is 1.88. The first-order valence-electron chi connectivity index (χ1n) is 6.00. The summed E-state index contributed by atoms with van der Waals surface area (Å²) in [6.45, 7) is 0.503. The van der Waals surface area contributed by atoms with Crippen LogP contribution in [0.2, 0.25) is 0 Å². The molecule has 0 bridgehead atoms. The summed E-state index contributed by atoms with van der Waals surface area (Å²) >= 11 is 0. The Morgan fingerprint density at radius 1 is 1.28 bits per heavy atom. The molecule has 0 aliphatic heterocycles. The van der Waals surface area contributed by atoms with E-state index in [0.29, 0.717) is 19.4 Å².